The van der Waals surface area contributed by atoms with Gasteiger partial charge in [0.2, 0.25) is 0 Å². The summed E-state index contributed by atoms with van der Waals surface area (Å²) >= 11 is 0. The van der Waals surface area contributed by atoms with Crippen LogP contribution in [0.5, 0.6) is 0 Å². The summed E-state index contributed by atoms with van der Waals surface area (Å²) in [7, 11) is 0. The summed E-state index contributed by atoms with van der Waals surface area (Å²) in [4.78, 5) is 14.9. The van der Waals surface area contributed by atoms with Crippen molar-refractivity contribution >= 4 is 6.03 Å². The summed E-state index contributed by atoms with van der Waals surface area (Å²) in [5, 5.41) is 3.11. The minimum Gasteiger partial charge on any atom is -0.348 e. The molecule has 1 atom stereocenters. The molecule has 2 heterocycles. The van der Waals surface area contributed by atoms with Crippen molar-refractivity contribution in [3.63, 3.8) is 0 Å². The van der Waals surface area contributed by atoms with E-state index < -0.39 is 0 Å². The van der Waals surface area contributed by atoms with Gasteiger partial charge in [0.05, 0.1) is 6.04 Å². The topological polar surface area (TPSA) is 37.3 Å². The molecule has 27 heavy (non-hydrogen) atoms. The van der Waals surface area contributed by atoms with E-state index in [4.69, 9.17) is 0 Å². The number of nitrogens with zero attached hydrogens (tertiary/aromatic N) is 2. The Balaban J connectivity index is 1.51. The first-order chi connectivity index (χ1) is 13.2. The lowest BCUT2D eigenvalue weighted by molar-refractivity contribution is 0.169. The molecule has 0 saturated heterocycles. The third kappa shape index (κ3) is 3.75. The Hall–Kier alpha value is -3.01. The van der Waals surface area contributed by atoms with Gasteiger partial charge in [-0.15, -0.1) is 0 Å². The minimum atomic E-state index is -0.0499. The molecule has 1 N–H and O–H groups in total. The summed E-state index contributed by atoms with van der Waals surface area (Å²) in [6.45, 7) is 4.26. The van der Waals surface area contributed by atoms with Crippen LogP contribution in [-0.2, 0) is 13.0 Å². The smallest absolute Gasteiger partial charge is 0.318 e. The van der Waals surface area contributed by atoms with Crippen LogP contribution < -0.4 is 5.32 Å². The molecular formula is C23H25N3O. The van der Waals surface area contributed by atoms with Gasteiger partial charge < -0.3 is 14.8 Å². The second-order valence-corrected chi connectivity index (χ2v) is 7.10. The number of fused-ring (bicyclic) bond motifs is 1. The number of carbonyl (C=O) groups is 1. The average Bonchev–Trinajstić information content (AvgIpc) is 3.17. The maximum Gasteiger partial charge on any atom is 0.318 e. The van der Waals surface area contributed by atoms with E-state index in [0.29, 0.717) is 13.1 Å². The molecule has 0 radical (unpaired) electrons. The minimum absolute atomic E-state index is 0.00366. The highest BCUT2D eigenvalue weighted by molar-refractivity contribution is 5.75. The number of amides is 2. The molecule has 4 heteroatoms. The Kier molecular flexibility index (Phi) is 4.97. The van der Waals surface area contributed by atoms with Gasteiger partial charge in [-0.1, -0.05) is 60.2 Å². The molecular weight excluding hydrogens is 334 g/mol. The largest absolute Gasteiger partial charge is 0.348 e. The third-order valence-corrected chi connectivity index (χ3v) is 5.22. The molecule has 1 aliphatic heterocycles. The second-order valence-electron chi connectivity index (χ2n) is 7.10. The molecule has 3 aromatic rings. The van der Waals surface area contributed by atoms with Gasteiger partial charge in [-0.05, 0) is 36.6 Å². The van der Waals surface area contributed by atoms with Crippen LogP contribution in [0, 0.1) is 6.92 Å². The van der Waals surface area contributed by atoms with E-state index in [1.54, 1.807) is 0 Å². The van der Waals surface area contributed by atoms with Gasteiger partial charge >= 0.3 is 6.03 Å². The number of carbonyl (C=O) groups excluding carboxylic acids is 1. The standard InChI is InChI=1S/C23H25N3O/c1-18-9-11-20(12-10-18)22-21-8-5-15-25(21)16-17-26(22)23(27)24-14-13-19-6-3-2-4-7-19/h2-12,15,22H,13-14,16-17H2,1H3,(H,24,27)/t22-/m0/s1. The molecule has 0 aliphatic carbocycles. The number of nitrogens with one attached hydrogen (secondary N) is 1. The van der Waals surface area contributed by atoms with Crippen molar-refractivity contribution in [2.75, 3.05) is 13.1 Å². The van der Waals surface area contributed by atoms with Crippen LogP contribution in [0.1, 0.15) is 28.4 Å². The van der Waals surface area contributed by atoms with E-state index in [1.807, 2.05) is 23.1 Å². The van der Waals surface area contributed by atoms with Crippen molar-refractivity contribution in [3.05, 3.63) is 95.3 Å². The average molecular weight is 359 g/mol. The van der Waals surface area contributed by atoms with Crippen LogP contribution in [0.3, 0.4) is 0 Å². The number of benzene rings is 2. The fourth-order valence-electron chi connectivity index (χ4n) is 3.76. The lowest BCUT2D eigenvalue weighted by Gasteiger charge is -2.37. The molecule has 0 spiro atoms. The maximum atomic E-state index is 13.0. The van der Waals surface area contributed by atoms with Crippen molar-refractivity contribution in [1.82, 2.24) is 14.8 Å². The molecule has 4 nitrogen and oxygen atoms in total. The summed E-state index contributed by atoms with van der Waals surface area (Å²) in [5.74, 6) is 0. The zero-order valence-corrected chi connectivity index (χ0v) is 15.6. The highest BCUT2D eigenvalue weighted by Gasteiger charge is 2.31. The summed E-state index contributed by atoms with van der Waals surface area (Å²) in [6, 6.07) is 22.9. The molecule has 1 aromatic heterocycles. The fourth-order valence-corrected chi connectivity index (χ4v) is 3.76. The summed E-state index contributed by atoms with van der Waals surface area (Å²) in [5.41, 5.74) is 4.78. The Bertz CT molecular complexity index is 899. The predicted molar refractivity (Wildman–Crippen MR) is 108 cm³/mol. The Morgan fingerprint density at radius 1 is 1.00 bits per heavy atom. The van der Waals surface area contributed by atoms with Gasteiger partial charge in [-0.3, -0.25) is 0 Å². The maximum absolute atomic E-state index is 13.0. The van der Waals surface area contributed by atoms with Gasteiger partial charge in [0.25, 0.3) is 0 Å². The van der Waals surface area contributed by atoms with Crippen molar-refractivity contribution in [3.8, 4) is 0 Å². The number of rotatable bonds is 4. The Labute approximate surface area is 160 Å². The lowest BCUT2D eigenvalue weighted by atomic mass is 9.99. The lowest BCUT2D eigenvalue weighted by Crippen LogP contribution is -2.47. The second kappa shape index (κ2) is 7.70. The van der Waals surface area contributed by atoms with Crippen LogP contribution in [0.4, 0.5) is 4.79 Å². The van der Waals surface area contributed by atoms with Crippen LogP contribution >= 0.6 is 0 Å². The molecule has 138 valence electrons. The Morgan fingerprint density at radius 2 is 1.78 bits per heavy atom. The van der Waals surface area contributed by atoms with Crippen LogP contribution in [0.25, 0.3) is 0 Å². The van der Waals surface area contributed by atoms with Crippen molar-refractivity contribution in [2.45, 2.75) is 25.9 Å². The number of aromatic nitrogens is 1. The third-order valence-electron chi connectivity index (χ3n) is 5.22. The van der Waals surface area contributed by atoms with Gasteiger partial charge in [0.15, 0.2) is 0 Å². The number of hydrogen-bond acceptors (Lipinski definition) is 1. The van der Waals surface area contributed by atoms with Gasteiger partial charge in [-0.25, -0.2) is 4.79 Å². The molecule has 0 fully saturated rings. The zero-order chi connectivity index (χ0) is 18.6. The fraction of sp³-hybridized carbons (Fsp3) is 0.261. The molecule has 2 aromatic carbocycles. The van der Waals surface area contributed by atoms with E-state index in [2.05, 4.69) is 71.5 Å². The molecule has 0 bridgehead atoms. The van der Waals surface area contributed by atoms with Crippen molar-refractivity contribution in [1.29, 1.82) is 0 Å². The van der Waals surface area contributed by atoms with E-state index in [1.165, 1.54) is 16.8 Å². The van der Waals surface area contributed by atoms with Gasteiger partial charge in [0, 0.05) is 31.5 Å². The Morgan fingerprint density at radius 3 is 2.56 bits per heavy atom. The predicted octanol–water partition coefficient (Wildman–Crippen LogP) is 4.15. The first-order valence-corrected chi connectivity index (χ1v) is 9.52. The normalized spacial score (nSPS) is 16.0. The van der Waals surface area contributed by atoms with E-state index in [0.717, 1.165) is 18.5 Å². The first kappa shape index (κ1) is 17.4. The molecule has 0 saturated carbocycles. The summed E-state index contributed by atoms with van der Waals surface area (Å²) < 4.78 is 2.25. The monoisotopic (exact) mass is 359 g/mol. The quantitative estimate of drug-likeness (QED) is 0.746. The zero-order valence-electron chi connectivity index (χ0n) is 15.6. The SMILES string of the molecule is Cc1ccc([C@H]2c3cccn3CCN2C(=O)NCCc2ccccc2)cc1. The van der Waals surface area contributed by atoms with Gasteiger partial charge in [-0.2, -0.15) is 0 Å². The molecule has 4 rings (SSSR count). The number of aryl methyl sites for hydroxylation is 1. The number of urea groups is 1. The van der Waals surface area contributed by atoms with Crippen LogP contribution in [0.2, 0.25) is 0 Å². The van der Waals surface area contributed by atoms with E-state index in [9.17, 15) is 4.79 Å². The van der Waals surface area contributed by atoms with Crippen molar-refractivity contribution < 1.29 is 4.79 Å². The molecule has 0 unspecified atom stereocenters. The van der Waals surface area contributed by atoms with Crippen LogP contribution in [0.15, 0.2) is 72.9 Å². The van der Waals surface area contributed by atoms with Gasteiger partial charge in [0.1, 0.15) is 0 Å². The number of hydrogen-bond donors (Lipinski definition) is 1. The van der Waals surface area contributed by atoms with Crippen molar-refractivity contribution in [2.24, 2.45) is 0 Å². The molecule has 1 aliphatic rings. The molecule has 2 amide bonds. The van der Waals surface area contributed by atoms with E-state index in [-0.39, 0.29) is 12.1 Å². The summed E-state index contributed by atoms with van der Waals surface area (Å²) in [6.07, 6.45) is 2.94. The highest BCUT2D eigenvalue weighted by atomic mass is 16.2. The first-order valence-electron chi connectivity index (χ1n) is 9.52. The van der Waals surface area contributed by atoms with E-state index >= 15 is 0 Å². The van der Waals surface area contributed by atoms with Crippen LogP contribution in [-0.4, -0.2) is 28.6 Å². The highest BCUT2D eigenvalue weighted by Crippen LogP contribution is 2.32.